The van der Waals surface area contributed by atoms with Crippen LogP contribution >= 0.6 is 0 Å². The van der Waals surface area contributed by atoms with Gasteiger partial charge in [0.1, 0.15) is 12.3 Å². The molecular formula is C12H15N5O5. The molecule has 4 N–H and O–H groups in total. The fraction of sp³-hybridized carbons (Fsp3) is 0.500. The van der Waals surface area contributed by atoms with Crippen molar-refractivity contribution in [2.75, 3.05) is 11.9 Å². The largest absolute Gasteiger partial charge is 0.394 e. The summed E-state index contributed by atoms with van der Waals surface area (Å²) in [7, 11) is 0. The molecule has 1 saturated heterocycles. The van der Waals surface area contributed by atoms with Crippen LogP contribution in [0.2, 0.25) is 0 Å². The molecule has 22 heavy (non-hydrogen) atoms. The molecule has 0 unspecified atom stereocenters. The summed E-state index contributed by atoms with van der Waals surface area (Å²) in [6.07, 6.45) is -0.498. The number of nitrogens with one attached hydrogen (secondary N) is 2. The molecule has 2 aromatic heterocycles. The molecule has 3 atom stereocenters. The highest BCUT2D eigenvalue weighted by molar-refractivity contribution is 5.87. The van der Waals surface area contributed by atoms with Crippen LogP contribution in [0, 0.1) is 0 Å². The van der Waals surface area contributed by atoms with E-state index in [1.165, 1.54) is 17.8 Å². The van der Waals surface area contributed by atoms with Gasteiger partial charge in [-0.3, -0.25) is 24.5 Å². The van der Waals surface area contributed by atoms with Crippen molar-refractivity contribution in [3.05, 3.63) is 16.7 Å². The average Bonchev–Trinajstić information content (AvgIpc) is 3.01. The van der Waals surface area contributed by atoms with Crippen LogP contribution in [0.1, 0.15) is 19.6 Å². The second kappa shape index (κ2) is 5.48. The predicted octanol–water partition coefficient (Wildman–Crippen LogP) is -1.28. The molecule has 2 aromatic rings. The Labute approximate surface area is 123 Å². The fourth-order valence-corrected chi connectivity index (χ4v) is 2.41. The van der Waals surface area contributed by atoms with Gasteiger partial charge in [0.15, 0.2) is 11.2 Å². The van der Waals surface area contributed by atoms with E-state index in [1.807, 2.05) is 0 Å². The molecule has 3 heterocycles. The molecule has 118 valence electrons. The molecule has 1 amide bonds. The predicted molar refractivity (Wildman–Crippen MR) is 74.1 cm³/mol. The number of aromatic amines is 1. The Bertz CT molecular complexity index is 769. The van der Waals surface area contributed by atoms with Crippen LogP contribution in [0.15, 0.2) is 11.1 Å². The van der Waals surface area contributed by atoms with Crippen LogP contribution in [-0.2, 0) is 9.53 Å². The first kappa shape index (κ1) is 14.6. The SMILES string of the molecule is CC(=O)Nc1nc2c(ncn2[C@H]2C[C@H](O)[C@@H](CO)O2)c(=O)[nH]1. The van der Waals surface area contributed by atoms with Gasteiger partial charge in [-0.05, 0) is 0 Å². The number of amides is 1. The molecule has 0 aliphatic carbocycles. The van der Waals surface area contributed by atoms with Crippen molar-refractivity contribution in [1.82, 2.24) is 19.5 Å². The van der Waals surface area contributed by atoms with Crippen molar-refractivity contribution in [3.8, 4) is 0 Å². The van der Waals surface area contributed by atoms with Gasteiger partial charge in [0.05, 0.1) is 19.0 Å². The lowest BCUT2D eigenvalue weighted by atomic mass is 10.2. The van der Waals surface area contributed by atoms with Crippen LogP contribution < -0.4 is 10.9 Å². The highest BCUT2D eigenvalue weighted by Gasteiger charge is 2.35. The van der Waals surface area contributed by atoms with E-state index >= 15 is 0 Å². The van der Waals surface area contributed by atoms with Gasteiger partial charge in [0, 0.05) is 13.3 Å². The highest BCUT2D eigenvalue weighted by atomic mass is 16.5. The number of fused-ring (bicyclic) bond motifs is 1. The fourth-order valence-electron chi connectivity index (χ4n) is 2.41. The molecule has 1 aliphatic heterocycles. The third kappa shape index (κ3) is 2.47. The zero-order valence-corrected chi connectivity index (χ0v) is 11.7. The Hall–Kier alpha value is -2.30. The molecule has 1 fully saturated rings. The van der Waals surface area contributed by atoms with Gasteiger partial charge in [-0.25, -0.2) is 4.98 Å². The first-order chi connectivity index (χ1) is 10.5. The quantitative estimate of drug-likeness (QED) is 0.553. The van der Waals surface area contributed by atoms with Crippen molar-refractivity contribution >= 4 is 23.0 Å². The lowest BCUT2D eigenvalue weighted by Crippen LogP contribution is -2.24. The number of anilines is 1. The zero-order valence-electron chi connectivity index (χ0n) is 11.7. The minimum Gasteiger partial charge on any atom is -0.394 e. The maximum Gasteiger partial charge on any atom is 0.280 e. The summed E-state index contributed by atoms with van der Waals surface area (Å²) in [5.41, 5.74) is -0.173. The smallest absolute Gasteiger partial charge is 0.280 e. The third-order valence-corrected chi connectivity index (χ3v) is 3.42. The molecule has 10 heteroatoms. The minimum atomic E-state index is -0.815. The molecule has 0 bridgehead atoms. The number of nitrogens with zero attached hydrogens (tertiary/aromatic N) is 3. The van der Waals surface area contributed by atoms with Gasteiger partial charge in [-0.15, -0.1) is 0 Å². The number of carbonyl (C=O) groups excluding carboxylic acids is 1. The van der Waals surface area contributed by atoms with Crippen molar-refractivity contribution < 1.29 is 19.7 Å². The van der Waals surface area contributed by atoms with Gasteiger partial charge in [-0.1, -0.05) is 0 Å². The Morgan fingerprint density at radius 1 is 1.64 bits per heavy atom. The second-order valence-corrected chi connectivity index (χ2v) is 5.03. The van der Waals surface area contributed by atoms with E-state index in [0.29, 0.717) is 0 Å². The number of ether oxygens (including phenoxy) is 1. The molecule has 0 aromatic carbocycles. The number of imidazole rings is 1. The molecule has 0 saturated carbocycles. The number of H-pyrrole nitrogens is 1. The van der Waals surface area contributed by atoms with Gasteiger partial charge in [0.25, 0.3) is 5.56 Å². The standard InChI is InChI=1S/C12H15N5O5/c1-5(19)14-12-15-10-9(11(21)16-12)13-4-17(10)8-2-6(20)7(3-18)22-8/h4,6-8,18,20H,2-3H2,1H3,(H2,14,15,16,19,21)/t6-,7+,8+/m0/s1. The van der Waals surface area contributed by atoms with E-state index in [4.69, 9.17) is 9.84 Å². The van der Waals surface area contributed by atoms with Crippen LogP contribution in [0.25, 0.3) is 11.2 Å². The van der Waals surface area contributed by atoms with E-state index in [9.17, 15) is 14.7 Å². The lowest BCUT2D eigenvalue weighted by molar-refractivity contribution is -0.114. The van der Waals surface area contributed by atoms with Gasteiger partial charge < -0.3 is 14.9 Å². The average molecular weight is 309 g/mol. The Kier molecular flexibility index (Phi) is 3.64. The van der Waals surface area contributed by atoms with Crippen molar-refractivity contribution in [1.29, 1.82) is 0 Å². The first-order valence-electron chi connectivity index (χ1n) is 6.68. The van der Waals surface area contributed by atoms with Gasteiger partial charge in [-0.2, -0.15) is 4.98 Å². The normalized spacial score (nSPS) is 24.8. The van der Waals surface area contributed by atoms with Crippen molar-refractivity contribution in [2.24, 2.45) is 0 Å². The number of aliphatic hydroxyl groups is 2. The highest BCUT2D eigenvalue weighted by Crippen LogP contribution is 2.30. The summed E-state index contributed by atoms with van der Waals surface area (Å²) < 4.78 is 7.01. The maximum atomic E-state index is 11.9. The molecule has 0 radical (unpaired) electrons. The van der Waals surface area contributed by atoms with Crippen LogP contribution in [0.3, 0.4) is 0 Å². The number of aliphatic hydroxyl groups excluding tert-OH is 2. The summed E-state index contributed by atoms with van der Waals surface area (Å²) in [5, 5.41) is 21.3. The molecule has 0 spiro atoms. The molecular weight excluding hydrogens is 294 g/mol. The van der Waals surface area contributed by atoms with Crippen LogP contribution in [-0.4, -0.2) is 54.5 Å². The van der Waals surface area contributed by atoms with Crippen LogP contribution in [0.5, 0.6) is 0 Å². The molecule has 3 rings (SSSR count). The number of aromatic nitrogens is 4. The summed E-state index contributed by atoms with van der Waals surface area (Å²) in [4.78, 5) is 33.6. The summed E-state index contributed by atoms with van der Waals surface area (Å²) in [6.45, 7) is 0.985. The Morgan fingerprint density at radius 2 is 2.41 bits per heavy atom. The molecule has 10 nitrogen and oxygen atoms in total. The van der Waals surface area contributed by atoms with E-state index < -0.39 is 24.0 Å². The Morgan fingerprint density at radius 3 is 3.05 bits per heavy atom. The number of hydrogen-bond acceptors (Lipinski definition) is 7. The van der Waals surface area contributed by atoms with Gasteiger partial charge >= 0.3 is 0 Å². The maximum absolute atomic E-state index is 11.9. The van der Waals surface area contributed by atoms with E-state index in [-0.39, 0.29) is 36.0 Å². The minimum absolute atomic E-state index is 0.00371. The van der Waals surface area contributed by atoms with Crippen molar-refractivity contribution in [2.45, 2.75) is 31.8 Å². The summed E-state index contributed by atoms with van der Waals surface area (Å²) in [5.74, 6) is -0.370. The van der Waals surface area contributed by atoms with Crippen molar-refractivity contribution in [3.63, 3.8) is 0 Å². The number of hydrogen-bond donors (Lipinski definition) is 4. The first-order valence-corrected chi connectivity index (χ1v) is 6.68. The third-order valence-electron chi connectivity index (χ3n) is 3.42. The lowest BCUT2D eigenvalue weighted by Gasteiger charge is -2.13. The summed E-state index contributed by atoms with van der Waals surface area (Å²) >= 11 is 0. The summed E-state index contributed by atoms with van der Waals surface area (Å²) in [6, 6.07) is 0. The number of carbonyl (C=O) groups is 1. The second-order valence-electron chi connectivity index (χ2n) is 5.03. The monoisotopic (exact) mass is 309 g/mol. The number of rotatable bonds is 3. The van der Waals surface area contributed by atoms with Crippen LogP contribution in [0.4, 0.5) is 5.95 Å². The Balaban J connectivity index is 2.02. The van der Waals surface area contributed by atoms with E-state index in [2.05, 4.69) is 20.3 Å². The zero-order chi connectivity index (χ0) is 15.9. The van der Waals surface area contributed by atoms with Gasteiger partial charge in [0.2, 0.25) is 11.9 Å². The van der Waals surface area contributed by atoms with E-state index in [0.717, 1.165) is 0 Å². The van der Waals surface area contributed by atoms with E-state index in [1.54, 1.807) is 0 Å². The molecule has 1 aliphatic rings. The topological polar surface area (TPSA) is 142 Å².